The van der Waals surface area contributed by atoms with Gasteiger partial charge in [0.2, 0.25) is 10.0 Å². The molecule has 0 bridgehead atoms. The van der Waals surface area contributed by atoms with Crippen LogP contribution in [0, 0.1) is 25.7 Å². The van der Waals surface area contributed by atoms with Crippen molar-refractivity contribution in [3.8, 4) is 0 Å². The van der Waals surface area contributed by atoms with E-state index < -0.39 is 25.4 Å². The molecule has 226 valence electrons. The van der Waals surface area contributed by atoms with E-state index in [9.17, 15) is 26.4 Å². The zero-order valence-corrected chi connectivity index (χ0v) is 25.9. The molecule has 3 aliphatic heterocycles. The lowest BCUT2D eigenvalue weighted by atomic mass is 9.82. The number of sulfonamides is 1. The summed E-state index contributed by atoms with van der Waals surface area (Å²) in [6.07, 6.45) is 5.44. The van der Waals surface area contributed by atoms with Gasteiger partial charge < -0.3 is 10.2 Å². The number of hydrogen-bond donors (Lipinski definition) is 1. The number of nitrogens with one attached hydrogen (secondary N) is 1. The van der Waals surface area contributed by atoms with Crippen LogP contribution in [-0.2, 0) is 31.1 Å². The summed E-state index contributed by atoms with van der Waals surface area (Å²) in [6.45, 7) is 6.91. The first-order valence-corrected chi connectivity index (χ1v) is 18.2. The number of nitrogens with zero attached hydrogens (tertiary/aromatic N) is 3. The highest BCUT2D eigenvalue weighted by Crippen LogP contribution is 2.36. The zero-order valence-electron chi connectivity index (χ0n) is 24.3. The number of carbonyl (C=O) groups excluding carboxylic acids is 2. The Labute approximate surface area is 243 Å². The summed E-state index contributed by atoms with van der Waals surface area (Å²) in [5.74, 6) is 1.41. The predicted molar refractivity (Wildman–Crippen MR) is 158 cm³/mol. The highest BCUT2D eigenvalue weighted by molar-refractivity contribution is 7.91. The molecule has 0 radical (unpaired) electrons. The van der Waals surface area contributed by atoms with Crippen LogP contribution in [0.25, 0.3) is 0 Å². The van der Waals surface area contributed by atoms with Crippen LogP contribution < -0.4 is 5.32 Å². The van der Waals surface area contributed by atoms with Gasteiger partial charge in [0.25, 0.3) is 11.8 Å². The summed E-state index contributed by atoms with van der Waals surface area (Å²) in [4.78, 5) is 32.4. The van der Waals surface area contributed by atoms with E-state index >= 15 is 0 Å². The minimum atomic E-state index is -3.55. The monoisotopic (exact) mass is 606 g/mol. The molecule has 1 aliphatic carbocycles. The number of rotatable bonds is 6. The molecule has 1 aromatic carbocycles. The number of piperidine rings is 1. The van der Waals surface area contributed by atoms with Crippen molar-refractivity contribution in [1.29, 1.82) is 0 Å². The molecule has 2 saturated heterocycles. The highest BCUT2D eigenvalue weighted by Gasteiger charge is 2.48. The van der Waals surface area contributed by atoms with Gasteiger partial charge in [0.15, 0.2) is 9.84 Å². The largest absolute Gasteiger partial charge is 0.337 e. The molecular formula is C29H42N4O6S2. The van der Waals surface area contributed by atoms with E-state index in [-0.39, 0.29) is 55.3 Å². The van der Waals surface area contributed by atoms with Crippen molar-refractivity contribution in [3.63, 3.8) is 0 Å². The predicted octanol–water partition coefficient (Wildman–Crippen LogP) is 2.24. The normalized spacial score (nSPS) is 26.6. The standard InChI is InChI=1S/C29H42N4O6S2/c1-20-4-6-23(7-5-20)26-30-28(35)29(31-26)9-11-33(12-10-29)41(38,39)15-8-25-21(2)18-24(19-22(25)3)27(34)32-13-16-40(36,37)17-14-32/h18-20,23H,4-17H2,1-3H3,(H,30,31,35). The summed E-state index contributed by atoms with van der Waals surface area (Å²) in [5.41, 5.74) is 2.22. The third-order valence-electron chi connectivity index (χ3n) is 9.53. The third kappa shape index (κ3) is 6.39. The number of benzene rings is 1. The first-order chi connectivity index (χ1) is 19.3. The van der Waals surface area contributed by atoms with Crippen LogP contribution in [0.2, 0.25) is 0 Å². The smallest absolute Gasteiger partial charge is 0.253 e. The molecule has 3 fully saturated rings. The molecule has 1 aromatic rings. The Kier molecular flexibility index (Phi) is 8.39. The van der Waals surface area contributed by atoms with Gasteiger partial charge in [0.05, 0.1) is 17.3 Å². The first-order valence-electron chi connectivity index (χ1n) is 14.8. The van der Waals surface area contributed by atoms with Crippen LogP contribution in [0.3, 0.4) is 0 Å². The van der Waals surface area contributed by atoms with Crippen LogP contribution in [0.4, 0.5) is 0 Å². The van der Waals surface area contributed by atoms with Gasteiger partial charge in [-0.25, -0.2) is 21.1 Å². The third-order valence-corrected chi connectivity index (χ3v) is 13.0. The maximum atomic E-state index is 13.3. The number of amides is 2. The van der Waals surface area contributed by atoms with Crippen molar-refractivity contribution in [3.05, 3.63) is 34.4 Å². The average Bonchev–Trinajstić information content (AvgIpc) is 3.23. The fraction of sp³-hybridized carbons (Fsp3) is 0.690. The van der Waals surface area contributed by atoms with Crippen molar-refractivity contribution < 1.29 is 26.4 Å². The van der Waals surface area contributed by atoms with Gasteiger partial charge in [-0.2, -0.15) is 0 Å². The molecule has 12 heteroatoms. The fourth-order valence-electron chi connectivity index (χ4n) is 6.71. The molecule has 0 aromatic heterocycles. The van der Waals surface area contributed by atoms with Crippen molar-refractivity contribution >= 4 is 37.5 Å². The second-order valence-corrected chi connectivity index (χ2v) is 16.8. The highest BCUT2D eigenvalue weighted by atomic mass is 32.2. The number of aliphatic imine (C=N–C) groups is 1. The van der Waals surface area contributed by atoms with Crippen molar-refractivity contribution in [2.75, 3.05) is 43.4 Å². The van der Waals surface area contributed by atoms with Gasteiger partial charge in [-0.05, 0) is 80.7 Å². The Hall–Kier alpha value is -2.31. The molecule has 1 spiro atoms. The number of hydrogen-bond acceptors (Lipinski definition) is 7. The Balaban J connectivity index is 1.19. The molecule has 0 unspecified atom stereocenters. The Morgan fingerprint density at radius 2 is 1.61 bits per heavy atom. The quantitative estimate of drug-likeness (QED) is 0.528. The number of aryl methyl sites for hydroxylation is 2. The second kappa shape index (κ2) is 11.4. The van der Waals surface area contributed by atoms with Crippen LogP contribution in [0.15, 0.2) is 17.1 Å². The lowest BCUT2D eigenvalue weighted by Crippen LogP contribution is -2.51. The zero-order chi connectivity index (χ0) is 29.6. The lowest BCUT2D eigenvalue weighted by Gasteiger charge is -2.34. The molecule has 2 amide bonds. The SMILES string of the molecule is Cc1cc(C(=O)N2CCS(=O)(=O)CC2)cc(C)c1CCS(=O)(=O)N1CCC2(CC1)N=C(C1CCC(C)CC1)NC2=O. The molecule has 3 heterocycles. The van der Waals surface area contributed by atoms with Crippen LogP contribution >= 0.6 is 0 Å². The molecule has 0 atom stereocenters. The van der Waals surface area contributed by atoms with E-state index in [1.165, 1.54) is 4.31 Å². The molecule has 5 rings (SSSR count). The van der Waals surface area contributed by atoms with E-state index in [0.717, 1.165) is 48.2 Å². The second-order valence-electron chi connectivity index (χ2n) is 12.4. The molecular weight excluding hydrogens is 564 g/mol. The van der Waals surface area contributed by atoms with E-state index in [1.807, 2.05) is 13.8 Å². The van der Waals surface area contributed by atoms with Crippen LogP contribution in [0.1, 0.15) is 72.5 Å². The average molecular weight is 607 g/mol. The van der Waals surface area contributed by atoms with Gasteiger partial charge in [-0.3, -0.25) is 14.6 Å². The summed E-state index contributed by atoms with van der Waals surface area (Å²) in [5, 5.41) is 3.04. The van der Waals surface area contributed by atoms with Gasteiger partial charge in [0.1, 0.15) is 11.4 Å². The van der Waals surface area contributed by atoms with E-state index in [4.69, 9.17) is 4.99 Å². The minimum absolute atomic E-state index is 0.0255. The maximum absolute atomic E-state index is 13.3. The minimum Gasteiger partial charge on any atom is -0.337 e. The number of carbonyl (C=O) groups is 2. The number of sulfone groups is 1. The molecule has 10 nitrogen and oxygen atoms in total. The van der Waals surface area contributed by atoms with E-state index in [2.05, 4.69) is 12.2 Å². The van der Waals surface area contributed by atoms with Gasteiger partial charge in [-0.15, -0.1) is 0 Å². The fourth-order valence-corrected chi connectivity index (χ4v) is 9.37. The molecule has 4 aliphatic rings. The number of amidine groups is 1. The maximum Gasteiger partial charge on any atom is 0.253 e. The molecule has 1 N–H and O–H groups in total. The Bertz CT molecular complexity index is 1420. The van der Waals surface area contributed by atoms with Gasteiger partial charge in [-0.1, -0.05) is 19.8 Å². The van der Waals surface area contributed by atoms with Crippen molar-refractivity contribution in [1.82, 2.24) is 14.5 Å². The van der Waals surface area contributed by atoms with E-state index in [0.29, 0.717) is 36.7 Å². The molecule has 1 saturated carbocycles. The molecule has 41 heavy (non-hydrogen) atoms. The van der Waals surface area contributed by atoms with Crippen molar-refractivity contribution in [2.45, 2.75) is 71.3 Å². The van der Waals surface area contributed by atoms with Crippen LogP contribution in [-0.4, -0.2) is 92.7 Å². The lowest BCUT2D eigenvalue weighted by molar-refractivity contribution is -0.125. The van der Waals surface area contributed by atoms with Crippen molar-refractivity contribution in [2.24, 2.45) is 16.8 Å². The summed E-state index contributed by atoms with van der Waals surface area (Å²) >= 11 is 0. The topological polar surface area (TPSA) is 133 Å². The summed E-state index contributed by atoms with van der Waals surface area (Å²) < 4.78 is 51.6. The summed E-state index contributed by atoms with van der Waals surface area (Å²) in [7, 11) is -6.64. The first kappa shape index (κ1) is 30.2. The summed E-state index contributed by atoms with van der Waals surface area (Å²) in [6, 6.07) is 3.54. The Morgan fingerprint density at radius 1 is 1.02 bits per heavy atom. The Morgan fingerprint density at radius 3 is 2.20 bits per heavy atom. The van der Waals surface area contributed by atoms with Gasteiger partial charge >= 0.3 is 0 Å². The van der Waals surface area contributed by atoms with Crippen LogP contribution in [0.5, 0.6) is 0 Å². The van der Waals surface area contributed by atoms with E-state index in [1.54, 1.807) is 17.0 Å². The van der Waals surface area contributed by atoms with Gasteiger partial charge in [0, 0.05) is 37.7 Å².